The van der Waals surface area contributed by atoms with Gasteiger partial charge >= 0.3 is 12.1 Å². The van der Waals surface area contributed by atoms with Gasteiger partial charge in [-0.25, -0.2) is 4.79 Å². The molecule has 0 saturated carbocycles. The van der Waals surface area contributed by atoms with E-state index < -0.39 is 23.8 Å². The van der Waals surface area contributed by atoms with Gasteiger partial charge in [0.05, 0.1) is 12.2 Å². The van der Waals surface area contributed by atoms with E-state index in [0.29, 0.717) is 19.6 Å². The van der Waals surface area contributed by atoms with Crippen LogP contribution in [-0.4, -0.2) is 19.1 Å². The lowest BCUT2D eigenvalue weighted by atomic mass is 9.88. The Bertz CT molecular complexity index is 891. The second kappa shape index (κ2) is 10.2. The van der Waals surface area contributed by atoms with Gasteiger partial charge in [0.25, 0.3) is 0 Å². The number of hydrogen-bond donors (Lipinski definition) is 1. The zero-order valence-corrected chi connectivity index (χ0v) is 17.8. The van der Waals surface area contributed by atoms with Crippen molar-refractivity contribution in [2.45, 2.75) is 58.2 Å². The number of esters is 1. The highest BCUT2D eigenvalue weighted by molar-refractivity contribution is 5.96. The Morgan fingerprint density at radius 3 is 2.55 bits per heavy atom. The normalized spacial score (nSPS) is 16.7. The van der Waals surface area contributed by atoms with E-state index in [4.69, 9.17) is 9.47 Å². The molecule has 168 valence electrons. The molecule has 1 fully saturated rings. The number of ether oxygens (including phenoxy) is 2. The minimum atomic E-state index is -4.61. The van der Waals surface area contributed by atoms with Gasteiger partial charge in [0.1, 0.15) is 17.1 Å². The first-order chi connectivity index (χ1) is 14.8. The van der Waals surface area contributed by atoms with Crippen LogP contribution in [0.3, 0.4) is 0 Å². The summed E-state index contributed by atoms with van der Waals surface area (Å²) in [5, 5.41) is 3.19. The van der Waals surface area contributed by atoms with E-state index in [1.807, 2.05) is 6.92 Å². The van der Waals surface area contributed by atoms with Gasteiger partial charge in [-0.2, -0.15) is 13.2 Å². The van der Waals surface area contributed by atoms with Crippen molar-refractivity contribution in [1.82, 2.24) is 5.32 Å². The molecular formula is C24H28F3NO3. The molecule has 1 heterocycles. The van der Waals surface area contributed by atoms with Gasteiger partial charge in [-0.15, -0.1) is 0 Å². The number of unbranched alkanes of at least 4 members (excludes halogenated alkanes) is 1. The van der Waals surface area contributed by atoms with Crippen LogP contribution in [0.4, 0.5) is 13.2 Å². The lowest BCUT2D eigenvalue weighted by Gasteiger charge is -2.29. The molecule has 3 rings (SSSR count). The van der Waals surface area contributed by atoms with Gasteiger partial charge in [0, 0.05) is 6.04 Å². The molecule has 0 aliphatic carbocycles. The first-order valence-corrected chi connectivity index (χ1v) is 10.7. The predicted molar refractivity (Wildman–Crippen MR) is 113 cm³/mol. The minimum Gasteiger partial charge on any atom is -0.493 e. The Kier molecular flexibility index (Phi) is 7.59. The van der Waals surface area contributed by atoms with Crippen molar-refractivity contribution in [3.8, 4) is 11.5 Å². The average molecular weight is 435 g/mol. The van der Waals surface area contributed by atoms with E-state index in [0.717, 1.165) is 25.7 Å². The number of hydrogen-bond acceptors (Lipinski definition) is 4. The Balaban J connectivity index is 2.10. The fraction of sp³-hybridized carbons (Fsp3) is 0.458. The summed E-state index contributed by atoms with van der Waals surface area (Å²) >= 11 is 0. The molecule has 1 aliphatic rings. The third-order valence-electron chi connectivity index (χ3n) is 5.45. The van der Waals surface area contributed by atoms with E-state index >= 15 is 0 Å². The van der Waals surface area contributed by atoms with Crippen LogP contribution in [0.2, 0.25) is 0 Å². The molecule has 0 aromatic heterocycles. The standard InChI is InChI=1S/C24H28F3NO3/c1-3-4-14-30-20-15-18(19-12-8-9-13-28-19)22(24(25,26)27)16(2)21(20)23(29)31-17-10-6-5-7-11-17/h5-7,10-11,15,19,28H,3-4,8-9,12-14H2,1-2H3. The van der Waals surface area contributed by atoms with Gasteiger partial charge in [-0.3, -0.25) is 0 Å². The summed E-state index contributed by atoms with van der Waals surface area (Å²) < 4.78 is 53.7. The zero-order valence-electron chi connectivity index (χ0n) is 17.8. The van der Waals surface area contributed by atoms with E-state index in [1.165, 1.54) is 13.0 Å². The molecule has 0 amide bonds. The second-order valence-electron chi connectivity index (χ2n) is 7.74. The van der Waals surface area contributed by atoms with E-state index in [1.54, 1.807) is 30.3 Å². The quantitative estimate of drug-likeness (QED) is 0.318. The molecule has 1 saturated heterocycles. The van der Waals surface area contributed by atoms with E-state index in [9.17, 15) is 18.0 Å². The van der Waals surface area contributed by atoms with Gasteiger partial charge in [-0.05, 0) is 62.1 Å². The molecule has 1 unspecified atom stereocenters. The molecule has 2 aromatic rings. The molecule has 2 aromatic carbocycles. The van der Waals surface area contributed by atoms with Crippen LogP contribution in [0.15, 0.2) is 36.4 Å². The topological polar surface area (TPSA) is 47.6 Å². The maximum Gasteiger partial charge on any atom is 0.417 e. The molecule has 1 N–H and O–H groups in total. The largest absolute Gasteiger partial charge is 0.493 e. The predicted octanol–water partition coefficient (Wildman–Crippen LogP) is 6.23. The maximum atomic E-state index is 14.2. The Morgan fingerprint density at radius 2 is 1.94 bits per heavy atom. The lowest BCUT2D eigenvalue weighted by Crippen LogP contribution is -2.30. The van der Waals surface area contributed by atoms with Crippen LogP contribution in [-0.2, 0) is 6.18 Å². The minimum absolute atomic E-state index is 0.132. The van der Waals surface area contributed by atoms with Crippen molar-refractivity contribution in [1.29, 1.82) is 0 Å². The Labute approximate surface area is 180 Å². The smallest absolute Gasteiger partial charge is 0.417 e. The third-order valence-corrected chi connectivity index (χ3v) is 5.45. The molecule has 0 bridgehead atoms. The molecule has 1 aliphatic heterocycles. The summed E-state index contributed by atoms with van der Waals surface area (Å²) in [6.45, 7) is 4.28. The molecule has 31 heavy (non-hydrogen) atoms. The van der Waals surface area contributed by atoms with Crippen LogP contribution < -0.4 is 14.8 Å². The number of carbonyl (C=O) groups is 1. The number of para-hydroxylation sites is 1. The number of carbonyl (C=O) groups excluding carboxylic acids is 1. The van der Waals surface area contributed by atoms with Gasteiger partial charge in [0.2, 0.25) is 0 Å². The van der Waals surface area contributed by atoms with Crippen molar-refractivity contribution in [3.63, 3.8) is 0 Å². The number of benzene rings is 2. The molecule has 7 heteroatoms. The monoisotopic (exact) mass is 435 g/mol. The molecule has 4 nitrogen and oxygen atoms in total. The SMILES string of the molecule is CCCCOc1cc(C2CCCCN2)c(C(F)(F)F)c(C)c1C(=O)Oc1ccccc1. The van der Waals surface area contributed by atoms with Crippen LogP contribution in [0.1, 0.15) is 72.1 Å². The van der Waals surface area contributed by atoms with Crippen molar-refractivity contribution in [2.24, 2.45) is 0 Å². The van der Waals surface area contributed by atoms with Crippen molar-refractivity contribution < 1.29 is 27.4 Å². The Morgan fingerprint density at radius 1 is 1.19 bits per heavy atom. The number of rotatable bonds is 7. The number of piperidine rings is 1. The highest BCUT2D eigenvalue weighted by Crippen LogP contribution is 2.43. The van der Waals surface area contributed by atoms with Crippen molar-refractivity contribution in [3.05, 3.63) is 58.7 Å². The average Bonchev–Trinajstić information content (AvgIpc) is 2.74. The summed E-state index contributed by atoms with van der Waals surface area (Å²) in [5.74, 6) is -0.455. The van der Waals surface area contributed by atoms with Crippen LogP contribution in [0.25, 0.3) is 0 Å². The summed E-state index contributed by atoms with van der Waals surface area (Å²) in [7, 11) is 0. The Hall–Kier alpha value is -2.54. The van der Waals surface area contributed by atoms with Crippen molar-refractivity contribution >= 4 is 5.97 Å². The highest BCUT2D eigenvalue weighted by atomic mass is 19.4. The number of nitrogens with one attached hydrogen (secondary N) is 1. The number of alkyl halides is 3. The fourth-order valence-electron chi connectivity index (χ4n) is 3.92. The zero-order chi connectivity index (χ0) is 22.4. The lowest BCUT2D eigenvalue weighted by molar-refractivity contribution is -0.139. The summed E-state index contributed by atoms with van der Waals surface area (Å²) in [4.78, 5) is 13.0. The van der Waals surface area contributed by atoms with Crippen LogP contribution in [0, 0.1) is 6.92 Å². The second-order valence-corrected chi connectivity index (χ2v) is 7.74. The van der Waals surface area contributed by atoms with Gasteiger partial charge in [0.15, 0.2) is 0 Å². The van der Waals surface area contributed by atoms with E-state index in [2.05, 4.69) is 5.32 Å². The molecular weight excluding hydrogens is 407 g/mol. The number of halogens is 3. The molecule has 0 spiro atoms. The first-order valence-electron chi connectivity index (χ1n) is 10.7. The molecule has 1 atom stereocenters. The first kappa shape index (κ1) is 23.1. The summed E-state index contributed by atoms with van der Waals surface area (Å²) in [5.41, 5.74) is -0.987. The van der Waals surface area contributed by atoms with Crippen molar-refractivity contribution in [2.75, 3.05) is 13.2 Å². The van der Waals surface area contributed by atoms with Gasteiger partial charge in [-0.1, -0.05) is 38.0 Å². The molecule has 0 radical (unpaired) electrons. The van der Waals surface area contributed by atoms with Crippen LogP contribution in [0.5, 0.6) is 11.5 Å². The third kappa shape index (κ3) is 5.58. The fourth-order valence-corrected chi connectivity index (χ4v) is 3.92. The summed E-state index contributed by atoms with van der Waals surface area (Å²) in [6.07, 6.45) is -0.645. The van der Waals surface area contributed by atoms with Crippen LogP contribution >= 0.6 is 0 Å². The maximum absolute atomic E-state index is 14.2. The van der Waals surface area contributed by atoms with E-state index in [-0.39, 0.29) is 28.2 Å². The highest BCUT2D eigenvalue weighted by Gasteiger charge is 2.40. The van der Waals surface area contributed by atoms with Gasteiger partial charge < -0.3 is 14.8 Å². The summed E-state index contributed by atoms with van der Waals surface area (Å²) in [6, 6.07) is 9.24.